The zero-order chi connectivity index (χ0) is 13.4. The summed E-state index contributed by atoms with van der Waals surface area (Å²) in [4.78, 5) is 0. The lowest BCUT2D eigenvalue weighted by atomic mass is 10.3. The molecular weight excluding hydrogens is 264 g/mol. The molecule has 0 aromatic rings. The molecule has 6 nitrogen and oxygen atoms in total. The standard InChI is InChI=1S/C9H22N2O4S2/c1-16(12,13)9-4-3-6-10-7-5-8-11-17(2,14)15/h10-11H,3-9H2,1-2H3. The minimum Gasteiger partial charge on any atom is -0.317 e. The van der Waals surface area contributed by atoms with E-state index in [-0.39, 0.29) is 5.75 Å². The Morgan fingerprint density at radius 1 is 0.824 bits per heavy atom. The molecular formula is C9H22N2O4S2. The lowest BCUT2D eigenvalue weighted by Crippen LogP contribution is -2.26. The lowest BCUT2D eigenvalue weighted by molar-refractivity contribution is 0.574. The molecule has 0 unspecified atom stereocenters. The zero-order valence-corrected chi connectivity index (χ0v) is 12.0. The molecule has 17 heavy (non-hydrogen) atoms. The van der Waals surface area contributed by atoms with Crippen LogP contribution >= 0.6 is 0 Å². The highest BCUT2D eigenvalue weighted by Crippen LogP contribution is 1.92. The van der Waals surface area contributed by atoms with Crippen molar-refractivity contribution in [3.05, 3.63) is 0 Å². The summed E-state index contributed by atoms with van der Waals surface area (Å²) in [6.45, 7) is 1.91. The second kappa shape index (κ2) is 8.02. The Morgan fingerprint density at radius 3 is 1.94 bits per heavy atom. The summed E-state index contributed by atoms with van der Waals surface area (Å²) in [6, 6.07) is 0. The Balaban J connectivity index is 3.25. The Hall–Kier alpha value is -0.180. The van der Waals surface area contributed by atoms with Crippen molar-refractivity contribution in [1.82, 2.24) is 10.0 Å². The van der Waals surface area contributed by atoms with E-state index in [0.29, 0.717) is 13.0 Å². The Labute approximate surface area is 104 Å². The number of sulfonamides is 1. The fourth-order valence-electron chi connectivity index (χ4n) is 1.21. The highest BCUT2D eigenvalue weighted by molar-refractivity contribution is 7.90. The van der Waals surface area contributed by atoms with E-state index in [1.165, 1.54) is 6.26 Å². The van der Waals surface area contributed by atoms with E-state index in [1.54, 1.807) is 0 Å². The summed E-state index contributed by atoms with van der Waals surface area (Å²) in [6.07, 6.45) is 4.56. The van der Waals surface area contributed by atoms with Crippen molar-refractivity contribution in [1.29, 1.82) is 0 Å². The maximum atomic E-state index is 10.8. The van der Waals surface area contributed by atoms with Crippen LogP contribution in [0.15, 0.2) is 0 Å². The maximum absolute atomic E-state index is 10.8. The molecule has 0 aliphatic heterocycles. The van der Waals surface area contributed by atoms with Crippen molar-refractivity contribution in [2.24, 2.45) is 0 Å². The largest absolute Gasteiger partial charge is 0.317 e. The van der Waals surface area contributed by atoms with Crippen LogP contribution in [0.5, 0.6) is 0 Å². The van der Waals surface area contributed by atoms with E-state index in [0.717, 1.165) is 32.2 Å². The molecule has 0 aliphatic rings. The van der Waals surface area contributed by atoms with Crippen molar-refractivity contribution in [2.45, 2.75) is 19.3 Å². The van der Waals surface area contributed by atoms with Crippen molar-refractivity contribution >= 4 is 19.9 Å². The summed E-state index contributed by atoms with van der Waals surface area (Å²) < 4.78 is 45.4. The SMILES string of the molecule is CS(=O)(=O)CCCCNCCCNS(C)(=O)=O. The van der Waals surface area contributed by atoms with E-state index in [4.69, 9.17) is 0 Å². The van der Waals surface area contributed by atoms with Crippen molar-refractivity contribution in [3.63, 3.8) is 0 Å². The van der Waals surface area contributed by atoms with Crippen LogP contribution in [0.1, 0.15) is 19.3 Å². The van der Waals surface area contributed by atoms with Gasteiger partial charge in [0.15, 0.2) is 0 Å². The number of hydrogen-bond acceptors (Lipinski definition) is 5. The number of rotatable bonds is 10. The third kappa shape index (κ3) is 15.8. The van der Waals surface area contributed by atoms with E-state index in [2.05, 4.69) is 10.0 Å². The number of nitrogens with one attached hydrogen (secondary N) is 2. The fourth-order valence-corrected chi connectivity index (χ4v) is 2.45. The first-order chi connectivity index (χ1) is 7.71. The first-order valence-corrected chi connectivity index (χ1v) is 9.49. The Kier molecular flexibility index (Phi) is 7.93. The minimum absolute atomic E-state index is 0.227. The predicted octanol–water partition coefficient (Wildman–Crippen LogP) is -0.660. The third-order valence-corrected chi connectivity index (χ3v) is 3.77. The van der Waals surface area contributed by atoms with Crippen molar-refractivity contribution < 1.29 is 16.8 Å². The van der Waals surface area contributed by atoms with Gasteiger partial charge in [0.1, 0.15) is 9.84 Å². The van der Waals surface area contributed by atoms with Crippen LogP contribution in [0.2, 0.25) is 0 Å². The normalized spacial score (nSPS) is 12.8. The molecule has 104 valence electrons. The van der Waals surface area contributed by atoms with Crippen LogP contribution < -0.4 is 10.0 Å². The van der Waals surface area contributed by atoms with Gasteiger partial charge in [0, 0.05) is 18.6 Å². The molecule has 0 saturated carbocycles. The second-order valence-corrected chi connectivity index (χ2v) is 8.20. The molecule has 0 aliphatic carbocycles. The predicted molar refractivity (Wildman–Crippen MR) is 69.3 cm³/mol. The quantitative estimate of drug-likeness (QED) is 0.520. The molecule has 0 aromatic carbocycles. The van der Waals surface area contributed by atoms with Gasteiger partial charge in [-0.2, -0.15) is 0 Å². The van der Waals surface area contributed by atoms with Crippen LogP contribution in [-0.4, -0.2) is 54.7 Å². The monoisotopic (exact) mass is 286 g/mol. The first-order valence-electron chi connectivity index (χ1n) is 5.54. The van der Waals surface area contributed by atoms with Gasteiger partial charge in [-0.15, -0.1) is 0 Å². The molecule has 0 radical (unpaired) electrons. The van der Waals surface area contributed by atoms with Gasteiger partial charge in [-0.1, -0.05) is 0 Å². The third-order valence-electron chi connectivity index (χ3n) is 2.01. The molecule has 0 fully saturated rings. The summed E-state index contributed by atoms with van der Waals surface area (Å²) in [7, 11) is -5.93. The van der Waals surface area contributed by atoms with Gasteiger partial charge < -0.3 is 5.32 Å². The Bertz CT molecular complexity index is 351. The number of sulfone groups is 1. The summed E-state index contributed by atoms with van der Waals surface area (Å²) in [5.41, 5.74) is 0. The molecule has 0 spiro atoms. The summed E-state index contributed by atoms with van der Waals surface area (Å²) in [5, 5.41) is 3.13. The molecule has 0 heterocycles. The zero-order valence-electron chi connectivity index (χ0n) is 10.4. The molecule has 0 rings (SSSR count). The summed E-state index contributed by atoms with van der Waals surface area (Å²) in [5.74, 6) is 0.227. The lowest BCUT2D eigenvalue weighted by Gasteiger charge is -2.05. The van der Waals surface area contributed by atoms with Gasteiger partial charge in [-0.25, -0.2) is 21.6 Å². The van der Waals surface area contributed by atoms with E-state index in [9.17, 15) is 16.8 Å². The van der Waals surface area contributed by atoms with Gasteiger partial charge in [0.05, 0.1) is 6.26 Å². The second-order valence-electron chi connectivity index (χ2n) is 4.11. The van der Waals surface area contributed by atoms with E-state index < -0.39 is 19.9 Å². The van der Waals surface area contributed by atoms with Gasteiger partial charge in [0.25, 0.3) is 0 Å². The van der Waals surface area contributed by atoms with E-state index in [1.807, 2.05) is 0 Å². The molecule has 0 aromatic heterocycles. The van der Waals surface area contributed by atoms with Gasteiger partial charge >= 0.3 is 0 Å². The molecule has 0 bridgehead atoms. The molecule has 2 N–H and O–H groups in total. The molecule has 0 atom stereocenters. The topological polar surface area (TPSA) is 92.3 Å². The molecule has 8 heteroatoms. The first kappa shape index (κ1) is 16.8. The highest BCUT2D eigenvalue weighted by atomic mass is 32.2. The summed E-state index contributed by atoms with van der Waals surface area (Å²) >= 11 is 0. The van der Waals surface area contributed by atoms with Crippen LogP contribution in [0, 0.1) is 0 Å². The van der Waals surface area contributed by atoms with Crippen LogP contribution in [-0.2, 0) is 19.9 Å². The number of hydrogen-bond donors (Lipinski definition) is 2. The molecule has 0 saturated heterocycles. The van der Waals surface area contributed by atoms with Crippen LogP contribution in [0.25, 0.3) is 0 Å². The maximum Gasteiger partial charge on any atom is 0.208 e. The highest BCUT2D eigenvalue weighted by Gasteiger charge is 2.01. The van der Waals surface area contributed by atoms with Gasteiger partial charge in [0.2, 0.25) is 10.0 Å². The molecule has 0 amide bonds. The van der Waals surface area contributed by atoms with Crippen molar-refractivity contribution in [3.8, 4) is 0 Å². The fraction of sp³-hybridized carbons (Fsp3) is 1.00. The minimum atomic E-state index is -3.09. The average molecular weight is 286 g/mol. The number of unbranched alkanes of at least 4 members (excludes halogenated alkanes) is 1. The van der Waals surface area contributed by atoms with Gasteiger partial charge in [-0.3, -0.25) is 0 Å². The van der Waals surface area contributed by atoms with Gasteiger partial charge in [-0.05, 0) is 32.4 Å². The average Bonchev–Trinajstić information content (AvgIpc) is 2.11. The van der Waals surface area contributed by atoms with Crippen LogP contribution in [0.3, 0.4) is 0 Å². The smallest absolute Gasteiger partial charge is 0.208 e. The van der Waals surface area contributed by atoms with Crippen molar-refractivity contribution in [2.75, 3.05) is 37.9 Å². The van der Waals surface area contributed by atoms with Crippen LogP contribution in [0.4, 0.5) is 0 Å². The van der Waals surface area contributed by atoms with E-state index >= 15 is 0 Å². The Morgan fingerprint density at radius 2 is 1.41 bits per heavy atom.